The number of rotatable bonds is 3. The van der Waals surface area contributed by atoms with Crippen molar-refractivity contribution >= 4 is 0 Å². The molecular formula is C9H17. The second-order valence-electron chi connectivity index (χ2n) is 2.74. The summed E-state index contributed by atoms with van der Waals surface area (Å²) in [5, 5.41) is 0. The first kappa shape index (κ1) is 8.74. The lowest BCUT2D eigenvalue weighted by atomic mass is 10.1. The third kappa shape index (κ3) is 4.26. The molecule has 0 aromatic carbocycles. The fraction of sp³-hybridized carbons (Fsp3) is 0.667. The highest BCUT2D eigenvalue weighted by atomic mass is 14.0. The molecule has 0 atom stereocenters. The van der Waals surface area contributed by atoms with E-state index in [2.05, 4.69) is 27.7 Å². The van der Waals surface area contributed by atoms with Crippen LogP contribution in [0.4, 0.5) is 0 Å². The largest absolute Gasteiger partial charge is 0.0775 e. The Balaban J connectivity index is 3.50. The van der Waals surface area contributed by atoms with Crippen molar-refractivity contribution in [3.05, 3.63) is 18.1 Å². The van der Waals surface area contributed by atoms with Gasteiger partial charge in [-0.3, -0.25) is 0 Å². The Bertz CT molecular complexity index is 94.6. The lowest BCUT2D eigenvalue weighted by Crippen LogP contribution is -1.79. The predicted molar refractivity (Wildman–Crippen MR) is 43.3 cm³/mol. The molecule has 0 saturated carbocycles. The van der Waals surface area contributed by atoms with Gasteiger partial charge in [-0.15, -0.1) is 0 Å². The first-order valence-corrected chi connectivity index (χ1v) is 3.60. The summed E-state index contributed by atoms with van der Waals surface area (Å²) in [4.78, 5) is 0. The topological polar surface area (TPSA) is 0 Å². The van der Waals surface area contributed by atoms with Crippen LogP contribution >= 0.6 is 0 Å². The van der Waals surface area contributed by atoms with Crippen LogP contribution in [0.1, 0.15) is 40.0 Å². The van der Waals surface area contributed by atoms with Crippen LogP contribution in [-0.4, -0.2) is 0 Å². The Morgan fingerprint density at radius 2 is 1.78 bits per heavy atom. The van der Waals surface area contributed by atoms with Crippen LogP contribution in [0.15, 0.2) is 11.1 Å². The summed E-state index contributed by atoms with van der Waals surface area (Å²) < 4.78 is 0. The highest BCUT2D eigenvalue weighted by Gasteiger charge is 1.89. The molecular weight excluding hydrogens is 108 g/mol. The van der Waals surface area contributed by atoms with Gasteiger partial charge in [0.2, 0.25) is 0 Å². The third-order valence-electron chi connectivity index (χ3n) is 1.66. The first-order chi connectivity index (χ1) is 4.18. The maximum absolute atomic E-state index is 3.79. The minimum absolute atomic E-state index is 1.06. The smallest absolute Gasteiger partial charge is 0.0321 e. The number of hydrogen-bond acceptors (Lipinski definition) is 0. The second-order valence-corrected chi connectivity index (χ2v) is 2.74. The van der Waals surface area contributed by atoms with E-state index in [4.69, 9.17) is 0 Å². The average Bonchev–Trinajstić information content (AvgIpc) is 1.82. The quantitative estimate of drug-likeness (QED) is 0.507. The van der Waals surface area contributed by atoms with Crippen molar-refractivity contribution in [2.45, 2.75) is 40.0 Å². The minimum atomic E-state index is 1.06. The summed E-state index contributed by atoms with van der Waals surface area (Å²) >= 11 is 0. The molecule has 53 valence electrons. The maximum Gasteiger partial charge on any atom is -0.0321 e. The van der Waals surface area contributed by atoms with Crippen LogP contribution in [0.5, 0.6) is 0 Å². The summed E-state index contributed by atoms with van der Waals surface area (Å²) in [6.45, 7) is 10.3. The molecule has 0 bridgehead atoms. The highest BCUT2D eigenvalue weighted by molar-refractivity contribution is 5.06. The van der Waals surface area contributed by atoms with Gasteiger partial charge in [0.1, 0.15) is 0 Å². The summed E-state index contributed by atoms with van der Waals surface area (Å²) in [6, 6.07) is 0. The fourth-order valence-electron chi connectivity index (χ4n) is 0.640. The van der Waals surface area contributed by atoms with Crippen molar-refractivity contribution in [1.29, 1.82) is 0 Å². The van der Waals surface area contributed by atoms with Crippen LogP contribution in [0.25, 0.3) is 0 Å². The van der Waals surface area contributed by atoms with E-state index >= 15 is 0 Å². The van der Waals surface area contributed by atoms with E-state index in [0.29, 0.717) is 0 Å². The van der Waals surface area contributed by atoms with Crippen molar-refractivity contribution in [1.82, 2.24) is 0 Å². The Morgan fingerprint density at radius 1 is 1.22 bits per heavy atom. The van der Waals surface area contributed by atoms with Gasteiger partial charge < -0.3 is 0 Å². The van der Waals surface area contributed by atoms with Crippen LogP contribution < -0.4 is 0 Å². The summed E-state index contributed by atoms with van der Waals surface area (Å²) in [5.41, 5.74) is 2.99. The maximum atomic E-state index is 3.79. The van der Waals surface area contributed by atoms with Gasteiger partial charge in [-0.2, -0.15) is 0 Å². The van der Waals surface area contributed by atoms with Crippen molar-refractivity contribution in [3.8, 4) is 0 Å². The molecule has 0 rings (SSSR count). The van der Waals surface area contributed by atoms with Crippen LogP contribution in [0, 0.1) is 6.92 Å². The molecule has 0 aromatic rings. The Labute approximate surface area is 59.0 Å². The molecule has 0 aromatic heterocycles. The molecule has 0 N–H and O–H groups in total. The lowest BCUT2D eigenvalue weighted by molar-refractivity contribution is 0.821. The third-order valence-corrected chi connectivity index (χ3v) is 1.66. The molecule has 0 aliphatic carbocycles. The van der Waals surface area contributed by atoms with E-state index in [1.54, 1.807) is 0 Å². The van der Waals surface area contributed by atoms with E-state index in [1.807, 2.05) is 0 Å². The lowest BCUT2D eigenvalue weighted by Gasteiger charge is -2.00. The molecule has 1 radical (unpaired) electrons. The highest BCUT2D eigenvalue weighted by Crippen LogP contribution is 2.09. The molecule has 9 heavy (non-hydrogen) atoms. The zero-order chi connectivity index (χ0) is 7.28. The number of unbranched alkanes of at least 4 members (excludes halogenated alkanes) is 1. The summed E-state index contributed by atoms with van der Waals surface area (Å²) in [5.74, 6) is 0. The van der Waals surface area contributed by atoms with Crippen molar-refractivity contribution in [2.75, 3.05) is 0 Å². The van der Waals surface area contributed by atoms with Gasteiger partial charge in [-0.1, -0.05) is 24.5 Å². The van der Waals surface area contributed by atoms with Crippen LogP contribution in [0.2, 0.25) is 0 Å². The van der Waals surface area contributed by atoms with E-state index in [1.165, 1.54) is 24.0 Å². The number of allylic oxidation sites excluding steroid dienone is 2. The van der Waals surface area contributed by atoms with Crippen molar-refractivity contribution in [3.63, 3.8) is 0 Å². The van der Waals surface area contributed by atoms with E-state index < -0.39 is 0 Å². The monoisotopic (exact) mass is 125 g/mol. The van der Waals surface area contributed by atoms with Gasteiger partial charge in [-0.25, -0.2) is 0 Å². The van der Waals surface area contributed by atoms with E-state index in [-0.39, 0.29) is 0 Å². The van der Waals surface area contributed by atoms with Gasteiger partial charge in [0.15, 0.2) is 0 Å². The van der Waals surface area contributed by atoms with Gasteiger partial charge >= 0.3 is 0 Å². The normalized spacial score (nSPS) is 9.33. The Morgan fingerprint density at radius 3 is 2.11 bits per heavy atom. The zero-order valence-electron chi connectivity index (χ0n) is 6.83. The molecule has 0 aliphatic rings. The van der Waals surface area contributed by atoms with Gasteiger partial charge in [0, 0.05) is 0 Å². The molecule has 0 heteroatoms. The molecule has 0 nitrogen and oxygen atoms in total. The molecule has 0 aliphatic heterocycles. The van der Waals surface area contributed by atoms with Gasteiger partial charge in [0.05, 0.1) is 0 Å². The Kier molecular flexibility index (Phi) is 4.47. The van der Waals surface area contributed by atoms with E-state index in [9.17, 15) is 0 Å². The molecule has 0 saturated heterocycles. The Hall–Kier alpha value is -0.260. The van der Waals surface area contributed by atoms with Crippen molar-refractivity contribution < 1.29 is 0 Å². The second kappa shape index (κ2) is 4.60. The summed E-state index contributed by atoms with van der Waals surface area (Å²) in [7, 11) is 0. The SMILES string of the molecule is [CH2]CCCC(C)=C(C)C. The fourth-order valence-corrected chi connectivity index (χ4v) is 0.640. The molecule has 0 fully saturated rings. The molecule has 0 unspecified atom stereocenters. The molecule has 0 amide bonds. The first-order valence-electron chi connectivity index (χ1n) is 3.60. The molecule has 0 heterocycles. The van der Waals surface area contributed by atoms with Gasteiger partial charge in [-0.05, 0) is 33.6 Å². The van der Waals surface area contributed by atoms with Crippen molar-refractivity contribution in [2.24, 2.45) is 0 Å². The van der Waals surface area contributed by atoms with Crippen LogP contribution in [0.3, 0.4) is 0 Å². The predicted octanol–water partition coefficient (Wildman–Crippen LogP) is 3.35. The van der Waals surface area contributed by atoms with Gasteiger partial charge in [0.25, 0.3) is 0 Å². The summed E-state index contributed by atoms with van der Waals surface area (Å²) in [6.07, 6.45) is 3.52. The number of hydrogen-bond donors (Lipinski definition) is 0. The minimum Gasteiger partial charge on any atom is -0.0775 e. The van der Waals surface area contributed by atoms with E-state index in [0.717, 1.165) is 6.42 Å². The van der Waals surface area contributed by atoms with Crippen LogP contribution in [-0.2, 0) is 0 Å². The zero-order valence-corrected chi connectivity index (χ0v) is 6.83. The average molecular weight is 125 g/mol. The molecule has 0 spiro atoms. The standard InChI is InChI=1S/C9H17/c1-5-6-7-9(4)8(2)3/h1,5-7H2,2-4H3.